The van der Waals surface area contributed by atoms with Crippen molar-refractivity contribution in [1.82, 2.24) is 10.2 Å². The summed E-state index contributed by atoms with van der Waals surface area (Å²) < 4.78 is 0. The molecule has 1 aromatic heterocycles. The van der Waals surface area contributed by atoms with Gasteiger partial charge in [0, 0.05) is 0 Å². The number of aromatic nitrogens is 2. The standard InChI is InChI=1S/C12H12N4O4S/c1-2-9-15-16-12(21-9)14-11(20)13-7-4-3-6(10(18)19)5-8(7)17/h3-5,17H,2H2,1H3,(H,18,19)(H2,13,14,16,20). The van der Waals surface area contributed by atoms with Gasteiger partial charge in [0.2, 0.25) is 5.13 Å². The number of anilines is 2. The van der Waals surface area contributed by atoms with Crippen molar-refractivity contribution in [3.63, 3.8) is 0 Å². The molecule has 110 valence electrons. The van der Waals surface area contributed by atoms with E-state index < -0.39 is 12.0 Å². The summed E-state index contributed by atoms with van der Waals surface area (Å²) in [6, 6.07) is 3.03. The molecule has 0 bridgehead atoms. The molecule has 0 aliphatic carbocycles. The number of hydrogen-bond acceptors (Lipinski definition) is 6. The number of amides is 2. The predicted octanol–water partition coefficient (Wildman–Crippen LogP) is 2.15. The van der Waals surface area contributed by atoms with Gasteiger partial charge in [0.1, 0.15) is 10.8 Å². The van der Waals surface area contributed by atoms with Gasteiger partial charge in [0.05, 0.1) is 11.3 Å². The van der Waals surface area contributed by atoms with Crippen LogP contribution in [0.4, 0.5) is 15.6 Å². The predicted molar refractivity (Wildman–Crippen MR) is 77.0 cm³/mol. The van der Waals surface area contributed by atoms with Crippen LogP contribution in [0.25, 0.3) is 0 Å². The molecule has 0 atom stereocenters. The van der Waals surface area contributed by atoms with Crippen molar-refractivity contribution in [3.8, 4) is 5.75 Å². The number of benzene rings is 1. The fourth-order valence-electron chi connectivity index (χ4n) is 1.47. The van der Waals surface area contributed by atoms with E-state index in [1.54, 1.807) is 0 Å². The van der Waals surface area contributed by atoms with Crippen LogP contribution in [0.5, 0.6) is 5.75 Å². The number of carbonyl (C=O) groups excluding carboxylic acids is 1. The maximum atomic E-state index is 11.7. The lowest BCUT2D eigenvalue weighted by atomic mass is 10.2. The fourth-order valence-corrected chi connectivity index (χ4v) is 2.14. The van der Waals surface area contributed by atoms with Crippen molar-refractivity contribution in [2.24, 2.45) is 0 Å². The Morgan fingerprint density at radius 2 is 2.05 bits per heavy atom. The minimum atomic E-state index is -1.16. The van der Waals surface area contributed by atoms with E-state index in [1.165, 1.54) is 23.5 Å². The Bertz CT molecular complexity index is 686. The van der Waals surface area contributed by atoms with Gasteiger partial charge in [-0.1, -0.05) is 18.3 Å². The second-order valence-corrected chi connectivity index (χ2v) is 5.03. The van der Waals surface area contributed by atoms with Gasteiger partial charge >= 0.3 is 12.0 Å². The third kappa shape index (κ3) is 3.66. The number of nitrogens with zero attached hydrogens (tertiary/aromatic N) is 2. The molecule has 0 spiro atoms. The maximum Gasteiger partial charge on any atom is 0.335 e. The molecular formula is C12H12N4O4S. The number of hydrogen-bond donors (Lipinski definition) is 4. The molecule has 2 amide bonds. The van der Waals surface area contributed by atoms with Gasteiger partial charge in [-0.2, -0.15) is 0 Å². The first-order valence-electron chi connectivity index (χ1n) is 5.96. The van der Waals surface area contributed by atoms with Crippen molar-refractivity contribution in [1.29, 1.82) is 0 Å². The summed E-state index contributed by atoms with van der Waals surface area (Å²) in [7, 11) is 0. The summed E-state index contributed by atoms with van der Waals surface area (Å²) in [6.07, 6.45) is 0.721. The number of aromatic hydroxyl groups is 1. The molecular weight excluding hydrogens is 296 g/mol. The number of carbonyl (C=O) groups is 2. The Balaban J connectivity index is 2.04. The van der Waals surface area contributed by atoms with Crippen LogP contribution in [0, 0.1) is 0 Å². The van der Waals surface area contributed by atoms with Crippen molar-refractivity contribution in [2.75, 3.05) is 10.6 Å². The van der Waals surface area contributed by atoms with E-state index in [4.69, 9.17) is 5.11 Å². The highest BCUT2D eigenvalue weighted by molar-refractivity contribution is 7.15. The Morgan fingerprint density at radius 3 is 2.62 bits per heavy atom. The summed E-state index contributed by atoms with van der Waals surface area (Å²) >= 11 is 1.25. The minimum absolute atomic E-state index is 0.0739. The summed E-state index contributed by atoms with van der Waals surface area (Å²) in [5.41, 5.74) is 0.0212. The minimum Gasteiger partial charge on any atom is -0.506 e. The molecule has 8 nitrogen and oxygen atoms in total. The van der Waals surface area contributed by atoms with E-state index in [-0.39, 0.29) is 17.0 Å². The average Bonchev–Trinajstić information content (AvgIpc) is 2.88. The molecule has 9 heteroatoms. The summed E-state index contributed by atoms with van der Waals surface area (Å²) in [5.74, 6) is -1.50. The van der Waals surface area contributed by atoms with Crippen LogP contribution in [-0.4, -0.2) is 32.4 Å². The van der Waals surface area contributed by atoms with Gasteiger partial charge in [-0.3, -0.25) is 5.32 Å². The number of rotatable bonds is 4. The third-order valence-electron chi connectivity index (χ3n) is 2.48. The van der Waals surface area contributed by atoms with Crippen LogP contribution in [0.1, 0.15) is 22.3 Å². The highest BCUT2D eigenvalue weighted by Gasteiger charge is 2.11. The van der Waals surface area contributed by atoms with Crippen molar-refractivity contribution >= 4 is 34.2 Å². The largest absolute Gasteiger partial charge is 0.506 e. The van der Waals surface area contributed by atoms with Gasteiger partial charge in [0.25, 0.3) is 0 Å². The maximum absolute atomic E-state index is 11.7. The number of nitrogens with one attached hydrogen (secondary N) is 2. The lowest BCUT2D eigenvalue weighted by Crippen LogP contribution is -2.19. The molecule has 2 aromatic rings. The summed E-state index contributed by atoms with van der Waals surface area (Å²) in [5, 5.41) is 32.1. The molecule has 0 fully saturated rings. The topological polar surface area (TPSA) is 124 Å². The first kappa shape index (κ1) is 14.7. The summed E-state index contributed by atoms with van der Waals surface area (Å²) in [6.45, 7) is 1.92. The highest BCUT2D eigenvalue weighted by atomic mass is 32.1. The first-order chi connectivity index (χ1) is 9.99. The van der Waals surface area contributed by atoms with Crippen molar-refractivity contribution in [3.05, 3.63) is 28.8 Å². The van der Waals surface area contributed by atoms with Crippen molar-refractivity contribution in [2.45, 2.75) is 13.3 Å². The molecule has 4 N–H and O–H groups in total. The van der Waals surface area contributed by atoms with Crippen LogP contribution in [0.2, 0.25) is 0 Å². The number of phenolic OH excluding ortho intramolecular Hbond substituents is 1. The van der Waals surface area contributed by atoms with Crippen LogP contribution in [0.15, 0.2) is 18.2 Å². The van der Waals surface area contributed by atoms with E-state index in [2.05, 4.69) is 20.8 Å². The zero-order valence-corrected chi connectivity index (χ0v) is 11.8. The molecule has 0 aliphatic heterocycles. The lowest BCUT2D eigenvalue weighted by Gasteiger charge is -2.07. The number of urea groups is 1. The molecule has 0 saturated carbocycles. The number of carboxylic acids is 1. The van der Waals surface area contributed by atoms with Crippen LogP contribution >= 0.6 is 11.3 Å². The van der Waals surface area contributed by atoms with Gasteiger partial charge in [-0.15, -0.1) is 10.2 Å². The zero-order chi connectivity index (χ0) is 15.4. The molecule has 0 aliphatic rings. The molecule has 0 saturated heterocycles. The fraction of sp³-hybridized carbons (Fsp3) is 0.167. The Morgan fingerprint density at radius 1 is 1.29 bits per heavy atom. The number of phenols is 1. The number of carboxylic acid groups (broad SMARTS) is 1. The van der Waals surface area contributed by atoms with Gasteiger partial charge < -0.3 is 15.5 Å². The van der Waals surface area contributed by atoms with Gasteiger partial charge in [0.15, 0.2) is 0 Å². The van der Waals surface area contributed by atoms with E-state index >= 15 is 0 Å². The summed E-state index contributed by atoms with van der Waals surface area (Å²) in [4.78, 5) is 22.5. The normalized spacial score (nSPS) is 10.1. The monoisotopic (exact) mass is 308 g/mol. The Kier molecular flexibility index (Phi) is 4.33. The van der Waals surface area contributed by atoms with Gasteiger partial charge in [-0.05, 0) is 24.6 Å². The number of aromatic carboxylic acids is 1. The van der Waals surface area contributed by atoms with E-state index in [1.807, 2.05) is 6.92 Å². The van der Waals surface area contributed by atoms with E-state index in [0.717, 1.165) is 17.5 Å². The Hall–Kier alpha value is -2.68. The average molecular weight is 308 g/mol. The highest BCUT2D eigenvalue weighted by Crippen LogP contribution is 2.24. The molecule has 2 rings (SSSR count). The quantitative estimate of drug-likeness (QED) is 0.641. The first-order valence-corrected chi connectivity index (χ1v) is 6.78. The number of aryl methyl sites for hydroxylation is 1. The third-order valence-corrected chi connectivity index (χ3v) is 3.47. The molecule has 1 heterocycles. The van der Waals surface area contributed by atoms with Crippen LogP contribution in [-0.2, 0) is 6.42 Å². The second-order valence-electron chi connectivity index (χ2n) is 3.97. The van der Waals surface area contributed by atoms with Gasteiger partial charge in [-0.25, -0.2) is 9.59 Å². The van der Waals surface area contributed by atoms with Crippen LogP contribution in [0.3, 0.4) is 0 Å². The molecule has 1 aromatic carbocycles. The van der Waals surface area contributed by atoms with E-state index in [9.17, 15) is 14.7 Å². The lowest BCUT2D eigenvalue weighted by molar-refractivity contribution is 0.0696. The smallest absolute Gasteiger partial charge is 0.335 e. The molecule has 0 radical (unpaired) electrons. The zero-order valence-electron chi connectivity index (χ0n) is 11.0. The van der Waals surface area contributed by atoms with Crippen molar-refractivity contribution < 1.29 is 19.8 Å². The molecule has 21 heavy (non-hydrogen) atoms. The van der Waals surface area contributed by atoms with E-state index in [0.29, 0.717) is 5.13 Å². The SMILES string of the molecule is CCc1nnc(NC(=O)Nc2ccc(C(=O)O)cc2O)s1. The van der Waals surface area contributed by atoms with Crippen LogP contribution < -0.4 is 10.6 Å². The second kappa shape index (κ2) is 6.18. The molecule has 0 unspecified atom stereocenters. The Labute approximate surface area is 123 Å².